The lowest BCUT2D eigenvalue weighted by atomic mass is 9.96. The van der Waals surface area contributed by atoms with Gasteiger partial charge in [0.05, 0.1) is 19.3 Å². The van der Waals surface area contributed by atoms with Crippen molar-refractivity contribution in [3.8, 4) is 0 Å². The molecule has 5 rings (SSSR count). The van der Waals surface area contributed by atoms with E-state index >= 15 is 0 Å². The maximum absolute atomic E-state index is 13.1. The highest BCUT2D eigenvalue weighted by molar-refractivity contribution is 7.48. The van der Waals surface area contributed by atoms with Crippen molar-refractivity contribution in [2.24, 2.45) is 0 Å². The molecule has 3 aliphatic heterocycles. The molecule has 1 aromatic carbocycles. The van der Waals surface area contributed by atoms with Gasteiger partial charge in [-0.25, -0.2) is 14.2 Å². The number of phosphoric acid groups is 1. The van der Waals surface area contributed by atoms with Crippen LogP contribution in [0.5, 0.6) is 0 Å². The van der Waals surface area contributed by atoms with E-state index in [9.17, 15) is 18.9 Å². The second-order valence-electron chi connectivity index (χ2n) is 8.13. The molecule has 14 heteroatoms. The fraction of sp³-hybridized carbons (Fsp3) is 0.450. The fourth-order valence-electron chi connectivity index (χ4n) is 4.25. The number of benzene rings is 1. The normalized spacial score (nSPS) is 34.9. The quantitative estimate of drug-likeness (QED) is 0.467. The van der Waals surface area contributed by atoms with E-state index < -0.39 is 55.4 Å². The van der Waals surface area contributed by atoms with Gasteiger partial charge >= 0.3 is 19.7 Å². The molecule has 3 aliphatic rings. The highest BCUT2D eigenvalue weighted by Crippen LogP contribution is 2.58. The summed E-state index contributed by atoms with van der Waals surface area (Å²) < 4.78 is 47.2. The molecular formula is C20H20ClN2O10P. The molecule has 0 amide bonds. The third-order valence-electron chi connectivity index (χ3n) is 5.83. The van der Waals surface area contributed by atoms with Gasteiger partial charge in [0.2, 0.25) is 0 Å². The fourth-order valence-corrected chi connectivity index (χ4v) is 5.84. The molecule has 6 unspecified atom stereocenters. The predicted octanol–water partition coefficient (Wildman–Crippen LogP) is 2.68. The summed E-state index contributed by atoms with van der Waals surface area (Å²) in [6.07, 6.45) is -2.98. The first kappa shape index (κ1) is 23.3. The second-order valence-corrected chi connectivity index (χ2v) is 10.2. The third kappa shape index (κ3) is 4.21. The molecule has 3 fully saturated rings. The molecular weight excluding hydrogens is 495 g/mol. The minimum atomic E-state index is -4.00. The number of aromatic amines is 1. The first-order valence-corrected chi connectivity index (χ1v) is 12.2. The number of hydrogen-bond donors (Lipinski definition) is 1. The first-order valence-electron chi connectivity index (χ1n) is 10.4. The van der Waals surface area contributed by atoms with Gasteiger partial charge < -0.3 is 14.2 Å². The summed E-state index contributed by atoms with van der Waals surface area (Å²) in [5.41, 5.74) is -2.06. The van der Waals surface area contributed by atoms with Gasteiger partial charge in [-0.1, -0.05) is 23.7 Å². The monoisotopic (exact) mass is 514 g/mol. The Morgan fingerprint density at radius 2 is 2.12 bits per heavy atom. The topological polar surface area (TPSA) is 144 Å². The van der Waals surface area contributed by atoms with Crippen molar-refractivity contribution in [3.05, 3.63) is 68.0 Å². The van der Waals surface area contributed by atoms with E-state index in [1.54, 1.807) is 24.3 Å². The number of carbonyl (C=O) groups is 1. The predicted molar refractivity (Wildman–Crippen MR) is 114 cm³/mol. The largest absolute Gasteiger partial charge is 0.509 e. The zero-order chi connectivity index (χ0) is 24.1. The van der Waals surface area contributed by atoms with Crippen molar-refractivity contribution >= 4 is 25.6 Å². The van der Waals surface area contributed by atoms with Crippen molar-refractivity contribution in [2.75, 3.05) is 13.2 Å². The van der Waals surface area contributed by atoms with Crippen LogP contribution in [0.15, 0.2) is 46.1 Å². The van der Waals surface area contributed by atoms with E-state index in [1.165, 1.54) is 13.1 Å². The van der Waals surface area contributed by atoms with Gasteiger partial charge in [-0.3, -0.25) is 27.9 Å². The van der Waals surface area contributed by atoms with E-state index in [1.807, 2.05) is 0 Å². The summed E-state index contributed by atoms with van der Waals surface area (Å²) >= 11 is 6.04. The molecule has 1 N–H and O–H groups in total. The van der Waals surface area contributed by atoms with E-state index in [-0.39, 0.29) is 13.2 Å². The Hall–Kier alpha value is -2.47. The van der Waals surface area contributed by atoms with E-state index in [0.717, 1.165) is 16.2 Å². The number of rotatable bonds is 5. The van der Waals surface area contributed by atoms with Crippen molar-refractivity contribution in [1.29, 1.82) is 0 Å². The third-order valence-corrected chi connectivity index (χ3v) is 7.54. The van der Waals surface area contributed by atoms with Gasteiger partial charge in [0, 0.05) is 23.7 Å². The Kier molecular flexibility index (Phi) is 5.91. The maximum atomic E-state index is 13.1. The van der Waals surface area contributed by atoms with Gasteiger partial charge in [0.25, 0.3) is 5.56 Å². The Bertz CT molecular complexity index is 1280. The second kappa shape index (κ2) is 8.63. The zero-order valence-electron chi connectivity index (χ0n) is 17.7. The lowest BCUT2D eigenvalue weighted by Gasteiger charge is -2.30. The van der Waals surface area contributed by atoms with Crippen LogP contribution in [0.2, 0.25) is 5.02 Å². The van der Waals surface area contributed by atoms with Crippen LogP contribution in [0.1, 0.15) is 31.2 Å². The molecule has 0 radical (unpaired) electrons. The lowest BCUT2D eigenvalue weighted by Crippen LogP contribution is -2.45. The van der Waals surface area contributed by atoms with Crippen LogP contribution in [-0.4, -0.2) is 46.7 Å². The number of halogens is 1. The standard InChI is InChI=1S/C20H20ClN2O10P/c1-20-16(31-19(26)32-20)14(30-17(20)23-7-5-15(24)22-18(23)25)10-29-34(27)28-8-6-13(33-34)11-3-2-4-12(21)9-11/h2-5,7,9,13-14,16-17H,6,8,10H2,1H3,(H,22,24,25). The summed E-state index contributed by atoms with van der Waals surface area (Å²) in [6.45, 7) is 1.29. The Labute approximate surface area is 197 Å². The number of carbonyl (C=O) groups excluding carboxylic acids is 1. The summed E-state index contributed by atoms with van der Waals surface area (Å²) in [5, 5.41) is 0.508. The van der Waals surface area contributed by atoms with E-state index in [4.69, 9.17) is 39.4 Å². The summed E-state index contributed by atoms with van der Waals surface area (Å²) in [5.74, 6) is 0. The number of fused-ring (bicyclic) bond motifs is 1. The number of nitrogens with one attached hydrogen (secondary N) is 1. The summed E-state index contributed by atoms with van der Waals surface area (Å²) in [4.78, 5) is 37.8. The van der Waals surface area contributed by atoms with Crippen LogP contribution < -0.4 is 11.2 Å². The molecule has 4 heterocycles. The molecule has 1 aromatic heterocycles. The smallest absolute Gasteiger partial charge is 0.424 e. The first-order chi connectivity index (χ1) is 16.2. The van der Waals surface area contributed by atoms with Gasteiger partial charge in [0.1, 0.15) is 6.10 Å². The average Bonchev–Trinajstić information content (AvgIpc) is 3.22. The van der Waals surface area contributed by atoms with Crippen molar-refractivity contribution in [3.63, 3.8) is 0 Å². The molecule has 2 aromatic rings. The molecule has 12 nitrogen and oxygen atoms in total. The number of phosphoric ester groups is 1. The van der Waals surface area contributed by atoms with Crippen LogP contribution >= 0.6 is 19.4 Å². The Morgan fingerprint density at radius 3 is 2.88 bits per heavy atom. The highest BCUT2D eigenvalue weighted by Gasteiger charge is 2.64. The molecule has 0 saturated carbocycles. The molecule has 0 spiro atoms. The number of hydrogen-bond acceptors (Lipinski definition) is 10. The average molecular weight is 515 g/mol. The molecule has 6 atom stereocenters. The van der Waals surface area contributed by atoms with Crippen molar-refractivity contribution in [2.45, 2.75) is 43.5 Å². The Balaban J connectivity index is 1.34. The number of aromatic nitrogens is 2. The van der Waals surface area contributed by atoms with Crippen LogP contribution in [0.3, 0.4) is 0 Å². The SMILES string of the molecule is CC12OC(=O)OC1C(COP1(=O)OCCC(c3cccc(Cl)c3)O1)OC2n1ccc(=O)[nH]c1=O. The van der Waals surface area contributed by atoms with E-state index in [0.29, 0.717) is 11.4 Å². The molecule has 3 saturated heterocycles. The Morgan fingerprint density at radius 1 is 1.29 bits per heavy atom. The number of nitrogens with zero attached hydrogens (tertiary/aromatic N) is 1. The highest BCUT2D eigenvalue weighted by atomic mass is 35.5. The van der Waals surface area contributed by atoms with Crippen molar-refractivity contribution < 1.29 is 37.1 Å². The zero-order valence-corrected chi connectivity index (χ0v) is 19.4. The number of ether oxygens (including phenoxy) is 3. The minimum Gasteiger partial charge on any atom is -0.424 e. The summed E-state index contributed by atoms with van der Waals surface area (Å²) in [6, 6.07) is 8.09. The summed E-state index contributed by atoms with van der Waals surface area (Å²) in [7, 11) is -4.00. The lowest BCUT2D eigenvalue weighted by molar-refractivity contribution is -0.0960. The molecule has 182 valence electrons. The molecule has 34 heavy (non-hydrogen) atoms. The van der Waals surface area contributed by atoms with Crippen LogP contribution in [0.25, 0.3) is 0 Å². The maximum Gasteiger partial charge on any atom is 0.509 e. The van der Waals surface area contributed by atoms with Crippen LogP contribution in [0.4, 0.5) is 4.79 Å². The van der Waals surface area contributed by atoms with Gasteiger partial charge in [-0.15, -0.1) is 0 Å². The molecule has 0 bridgehead atoms. The van der Waals surface area contributed by atoms with Gasteiger partial charge in [-0.05, 0) is 24.6 Å². The van der Waals surface area contributed by atoms with Crippen molar-refractivity contribution in [1.82, 2.24) is 9.55 Å². The van der Waals surface area contributed by atoms with Gasteiger partial charge in [-0.2, -0.15) is 0 Å². The molecule has 0 aliphatic carbocycles. The number of H-pyrrole nitrogens is 1. The van der Waals surface area contributed by atoms with Gasteiger partial charge in [0.15, 0.2) is 17.9 Å². The van der Waals surface area contributed by atoms with Crippen LogP contribution in [0, 0.1) is 0 Å². The van der Waals surface area contributed by atoms with E-state index in [2.05, 4.69) is 4.98 Å². The minimum absolute atomic E-state index is 0.120. The van der Waals surface area contributed by atoms with Crippen LogP contribution in [-0.2, 0) is 32.3 Å².